The van der Waals surface area contributed by atoms with Crippen LogP contribution in [0.4, 0.5) is 5.13 Å². The number of anilines is 1. The Kier molecular flexibility index (Phi) is 7.05. The van der Waals surface area contributed by atoms with Crippen LogP contribution in [0.15, 0.2) is 24.3 Å². The SMILES string of the molecule is CCOc1cc(C(=O)Nc2nc3c(Cl)cc(Cl)cc3s2)cc(OCC)c1OCC. The number of rotatable bonds is 8. The highest BCUT2D eigenvalue weighted by atomic mass is 35.5. The molecule has 0 radical (unpaired) electrons. The molecule has 0 unspecified atom stereocenters. The lowest BCUT2D eigenvalue weighted by Crippen LogP contribution is -2.13. The lowest BCUT2D eigenvalue weighted by atomic mass is 10.1. The molecule has 3 aromatic rings. The van der Waals surface area contributed by atoms with Crippen molar-refractivity contribution in [3.05, 3.63) is 39.9 Å². The molecule has 9 heteroatoms. The lowest BCUT2D eigenvalue weighted by molar-refractivity contribution is 0.102. The monoisotopic (exact) mass is 454 g/mol. The molecule has 0 aliphatic carbocycles. The van der Waals surface area contributed by atoms with Crippen molar-refractivity contribution in [1.29, 1.82) is 0 Å². The zero-order chi connectivity index (χ0) is 21.0. The summed E-state index contributed by atoms with van der Waals surface area (Å²) in [5, 5.41) is 4.16. The Morgan fingerprint density at radius 1 is 1.00 bits per heavy atom. The second-order valence-corrected chi connectivity index (χ2v) is 7.68. The third kappa shape index (κ3) is 4.86. The number of halogens is 2. The molecule has 0 atom stereocenters. The number of benzene rings is 2. The van der Waals surface area contributed by atoms with Crippen molar-refractivity contribution in [2.75, 3.05) is 25.1 Å². The number of thiazole rings is 1. The first-order chi connectivity index (χ1) is 14.0. The van der Waals surface area contributed by atoms with E-state index in [0.29, 0.717) is 63.3 Å². The molecule has 2 aromatic carbocycles. The van der Waals surface area contributed by atoms with Crippen molar-refractivity contribution in [3.63, 3.8) is 0 Å². The fraction of sp³-hybridized carbons (Fsp3) is 0.300. The van der Waals surface area contributed by atoms with Crippen LogP contribution in [0.2, 0.25) is 10.0 Å². The summed E-state index contributed by atoms with van der Waals surface area (Å²) in [6.45, 7) is 6.89. The maximum absolute atomic E-state index is 12.9. The zero-order valence-electron chi connectivity index (χ0n) is 16.2. The van der Waals surface area contributed by atoms with Crippen LogP contribution in [0.5, 0.6) is 17.2 Å². The molecule has 1 amide bonds. The van der Waals surface area contributed by atoms with Gasteiger partial charge in [0.05, 0.1) is 29.5 Å². The highest BCUT2D eigenvalue weighted by Gasteiger charge is 2.19. The van der Waals surface area contributed by atoms with Gasteiger partial charge in [-0.25, -0.2) is 4.98 Å². The Morgan fingerprint density at radius 2 is 1.62 bits per heavy atom. The predicted octanol–water partition coefficient (Wildman–Crippen LogP) is 6.05. The van der Waals surface area contributed by atoms with E-state index >= 15 is 0 Å². The molecule has 0 spiro atoms. The minimum absolute atomic E-state index is 0.351. The van der Waals surface area contributed by atoms with Crippen molar-refractivity contribution >= 4 is 55.8 Å². The fourth-order valence-corrected chi connectivity index (χ4v) is 4.28. The Morgan fingerprint density at radius 3 is 2.21 bits per heavy atom. The maximum atomic E-state index is 12.9. The standard InChI is InChI=1S/C20H20Cl2N2O4S/c1-4-26-14-7-11(8-15(27-5-2)18(14)28-6-3)19(25)24-20-23-17-13(22)9-12(21)10-16(17)29-20/h7-10H,4-6H2,1-3H3,(H,23,24,25). The van der Waals surface area contributed by atoms with E-state index in [0.717, 1.165) is 4.70 Å². The number of carbonyl (C=O) groups is 1. The maximum Gasteiger partial charge on any atom is 0.257 e. The summed E-state index contributed by atoms with van der Waals surface area (Å²) >= 11 is 13.5. The number of nitrogens with one attached hydrogen (secondary N) is 1. The number of fused-ring (bicyclic) bond motifs is 1. The number of amides is 1. The van der Waals surface area contributed by atoms with Crippen LogP contribution >= 0.6 is 34.5 Å². The van der Waals surface area contributed by atoms with E-state index in [1.807, 2.05) is 20.8 Å². The molecule has 29 heavy (non-hydrogen) atoms. The normalized spacial score (nSPS) is 10.8. The third-order valence-corrected chi connectivity index (χ3v) is 5.23. The molecule has 1 N–H and O–H groups in total. The molecule has 0 saturated heterocycles. The molecule has 1 aromatic heterocycles. The lowest BCUT2D eigenvalue weighted by Gasteiger charge is -2.16. The summed E-state index contributed by atoms with van der Waals surface area (Å²) in [7, 11) is 0. The first-order valence-electron chi connectivity index (χ1n) is 9.10. The number of hydrogen-bond acceptors (Lipinski definition) is 6. The van der Waals surface area contributed by atoms with Crippen LogP contribution in [0.1, 0.15) is 31.1 Å². The minimum Gasteiger partial charge on any atom is -0.490 e. The summed E-state index contributed by atoms with van der Waals surface area (Å²) in [5.74, 6) is 1.03. The van der Waals surface area contributed by atoms with Gasteiger partial charge in [-0.15, -0.1) is 0 Å². The average Bonchev–Trinajstić information content (AvgIpc) is 3.07. The smallest absolute Gasteiger partial charge is 0.257 e. The van der Waals surface area contributed by atoms with Gasteiger partial charge in [0.1, 0.15) is 5.52 Å². The molecule has 154 valence electrons. The molecule has 0 saturated carbocycles. The summed E-state index contributed by atoms with van der Waals surface area (Å²) in [6.07, 6.45) is 0. The average molecular weight is 455 g/mol. The third-order valence-electron chi connectivity index (χ3n) is 3.80. The van der Waals surface area contributed by atoms with Gasteiger partial charge in [-0.1, -0.05) is 34.5 Å². The first-order valence-corrected chi connectivity index (χ1v) is 10.7. The largest absolute Gasteiger partial charge is 0.490 e. The molecule has 0 bridgehead atoms. The van der Waals surface area contributed by atoms with E-state index in [2.05, 4.69) is 10.3 Å². The molecular weight excluding hydrogens is 435 g/mol. The fourth-order valence-electron chi connectivity index (χ4n) is 2.70. The van der Waals surface area contributed by atoms with Gasteiger partial charge < -0.3 is 14.2 Å². The van der Waals surface area contributed by atoms with Crippen LogP contribution in [-0.2, 0) is 0 Å². The minimum atomic E-state index is -0.351. The number of hydrogen-bond donors (Lipinski definition) is 1. The van der Waals surface area contributed by atoms with E-state index in [4.69, 9.17) is 37.4 Å². The topological polar surface area (TPSA) is 69.7 Å². The van der Waals surface area contributed by atoms with E-state index in [1.165, 1.54) is 11.3 Å². The second-order valence-electron chi connectivity index (χ2n) is 5.81. The summed E-state index contributed by atoms with van der Waals surface area (Å²) in [5.41, 5.74) is 0.955. The first kappa shape index (κ1) is 21.5. The van der Waals surface area contributed by atoms with E-state index in [-0.39, 0.29) is 5.91 Å². The van der Waals surface area contributed by atoms with Crippen molar-refractivity contribution in [1.82, 2.24) is 4.98 Å². The number of aromatic nitrogens is 1. The van der Waals surface area contributed by atoms with E-state index < -0.39 is 0 Å². The molecule has 0 fully saturated rings. The van der Waals surface area contributed by atoms with Crippen LogP contribution in [-0.4, -0.2) is 30.7 Å². The van der Waals surface area contributed by atoms with Gasteiger partial charge in [0, 0.05) is 10.6 Å². The van der Waals surface area contributed by atoms with Crippen LogP contribution in [0.25, 0.3) is 10.2 Å². The second kappa shape index (κ2) is 9.52. The molecule has 0 aliphatic rings. The van der Waals surface area contributed by atoms with Gasteiger partial charge in [0.2, 0.25) is 5.75 Å². The van der Waals surface area contributed by atoms with Crippen LogP contribution in [0, 0.1) is 0 Å². The highest BCUT2D eigenvalue weighted by molar-refractivity contribution is 7.22. The van der Waals surface area contributed by atoms with Gasteiger partial charge in [-0.2, -0.15) is 0 Å². The predicted molar refractivity (Wildman–Crippen MR) is 118 cm³/mol. The number of ether oxygens (including phenoxy) is 3. The van der Waals surface area contributed by atoms with Crippen molar-refractivity contribution in [2.45, 2.75) is 20.8 Å². The molecule has 0 aliphatic heterocycles. The number of carbonyl (C=O) groups excluding carboxylic acids is 1. The quantitative estimate of drug-likeness (QED) is 0.448. The van der Waals surface area contributed by atoms with Gasteiger partial charge in [-0.3, -0.25) is 10.1 Å². The van der Waals surface area contributed by atoms with E-state index in [1.54, 1.807) is 24.3 Å². The Labute approximate surface area is 182 Å². The van der Waals surface area contributed by atoms with Gasteiger partial charge in [-0.05, 0) is 45.0 Å². The summed E-state index contributed by atoms with van der Waals surface area (Å²) < 4.78 is 17.8. The summed E-state index contributed by atoms with van der Waals surface area (Å²) in [6, 6.07) is 6.63. The van der Waals surface area contributed by atoms with Crippen molar-refractivity contribution in [3.8, 4) is 17.2 Å². The number of nitrogens with zero attached hydrogens (tertiary/aromatic N) is 1. The zero-order valence-corrected chi connectivity index (χ0v) is 18.5. The van der Waals surface area contributed by atoms with Crippen LogP contribution < -0.4 is 19.5 Å². The molecule has 6 nitrogen and oxygen atoms in total. The molecule has 1 heterocycles. The van der Waals surface area contributed by atoms with Crippen molar-refractivity contribution in [2.24, 2.45) is 0 Å². The molecular formula is C20H20Cl2N2O4S. The van der Waals surface area contributed by atoms with Crippen molar-refractivity contribution < 1.29 is 19.0 Å². The van der Waals surface area contributed by atoms with Crippen LogP contribution in [0.3, 0.4) is 0 Å². The Hall–Kier alpha value is -2.22. The van der Waals surface area contributed by atoms with E-state index in [9.17, 15) is 4.79 Å². The molecule has 3 rings (SSSR count). The summed E-state index contributed by atoms with van der Waals surface area (Å²) in [4.78, 5) is 17.3. The Balaban J connectivity index is 1.94. The van der Waals surface area contributed by atoms with Gasteiger partial charge in [0.25, 0.3) is 5.91 Å². The highest BCUT2D eigenvalue weighted by Crippen LogP contribution is 2.40. The van der Waals surface area contributed by atoms with Gasteiger partial charge >= 0.3 is 0 Å². The Bertz CT molecular complexity index is 1010. The van der Waals surface area contributed by atoms with Gasteiger partial charge in [0.15, 0.2) is 16.6 Å².